The Morgan fingerprint density at radius 1 is 0.760 bits per heavy atom. The first-order valence-corrected chi connectivity index (χ1v) is 22.6. The van der Waals surface area contributed by atoms with Gasteiger partial charge in [-0.15, -0.1) is 0 Å². The van der Waals surface area contributed by atoms with Crippen LogP contribution < -0.4 is 11.1 Å². The molecule has 11 nitrogen and oxygen atoms in total. The lowest BCUT2D eigenvalue weighted by atomic mass is 10.1. The average molecular weight is 751 g/mol. The van der Waals surface area contributed by atoms with E-state index in [9.17, 15) is 18.9 Å². The van der Waals surface area contributed by atoms with Crippen LogP contribution in [0.25, 0.3) is 0 Å². The molecule has 0 bridgehead atoms. The van der Waals surface area contributed by atoms with Gasteiger partial charge in [0.2, 0.25) is 5.91 Å². The van der Waals surface area contributed by atoms with E-state index in [1.54, 1.807) is 0 Å². The first-order chi connectivity index (χ1) is 24.0. The van der Waals surface area contributed by atoms with Crippen LogP contribution in [0.4, 0.5) is 0 Å². The van der Waals surface area contributed by atoms with Gasteiger partial charge in [0, 0.05) is 31.0 Å². The number of ether oxygens (including phenoxy) is 3. The van der Waals surface area contributed by atoms with E-state index in [0.717, 1.165) is 51.4 Å². The van der Waals surface area contributed by atoms with Crippen molar-refractivity contribution >= 4 is 37.2 Å². The number of nitrogens with two attached hydrogens (primary N) is 1. The van der Waals surface area contributed by atoms with Gasteiger partial charge in [-0.1, -0.05) is 117 Å². The lowest BCUT2D eigenvalue weighted by Gasteiger charge is -2.21. The Hall–Kier alpha value is -1.17. The minimum atomic E-state index is -4.05. The molecular weight excluding hydrogens is 679 g/mol. The van der Waals surface area contributed by atoms with Crippen molar-refractivity contribution in [3.05, 3.63) is 0 Å². The van der Waals surface area contributed by atoms with Gasteiger partial charge in [-0.25, -0.2) is 0 Å². The maximum absolute atomic E-state index is 12.8. The average Bonchev–Trinajstić information content (AvgIpc) is 3.83. The molecule has 294 valence electrons. The first-order valence-electron chi connectivity index (χ1n) is 19.6. The number of rotatable bonds is 35. The summed E-state index contributed by atoms with van der Waals surface area (Å²) in [6, 6.07) is -0.792. The van der Waals surface area contributed by atoms with E-state index in [1.165, 1.54) is 88.8 Å². The minimum Gasteiger partial charge on any atom is -0.462 e. The largest absolute Gasteiger partial charge is 0.462 e. The maximum Gasteiger partial charge on any atom is 0.325 e. The van der Waals surface area contributed by atoms with E-state index >= 15 is 0 Å². The van der Waals surface area contributed by atoms with E-state index in [1.807, 2.05) is 0 Å². The number of amides is 1. The van der Waals surface area contributed by atoms with Gasteiger partial charge < -0.3 is 35.0 Å². The molecule has 0 aromatic rings. The Labute approximate surface area is 307 Å². The fourth-order valence-corrected chi connectivity index (χ4v) is 7.14. The standard InChI is InChI=1S/C37H71N2O9PS/c1-3-5-7-9-11-13-15-17-19-22-34(40)47-28-32(48-35(41)23-20-18-16-14-12-10-8-6-4-2)29-50-30-33(38)36(42)39-37(24-25-37)31-46-26-21-27-49(43,44)45/h32-33H,3-31,38H2,1-2H3,(H,39,42)(H2,43,44,45). The number of carbonyl (C=O) groups excluding carboxylic acids is 3. The van der Waals surface area contributed by atoms with Crippen molar-refractivity contribution in [2.24, 2.45) is 5.73 Å². The number of carbonyl (C=O) groups is 3. The third kappa shape index (κ3) is 27.5. The first kappa shape index (κ1) is 46.9. The molecule has 0 aromatic heterocycles. The molecule has 0 radical (unpaired) electrons. The van der Waals surface area contributed by atoms with Gasteiger partial charge in [0.1, 0.15) is 12.7 Å². The van der Waals surface area contributed by atoms with Crippen LogP contribution in [0.2, 0.25) is 0 Å². The van der Waals surface area contributed by atoms with Crippen LogP contribution in [0.15, 0.2) is 0 Å². The van der Waals surface area contributed by atoms with E-state index in [4.69, 9.17) is 29.7 Å². The van der Waals surface area contributed by atoms with Crippen molar-refractivity contribution < 1.29 is 42.9 Å². The lowest BCUT2D eigenvalue weighted by Crippen LogP contribution is -2.49. The van der Waals surface area contributed by atoms with Crippen molar-refractivity contribution in [2.75, 3.05) is 37.5 Å². The number of unbranched alkanes of at least 4 members (excludes halogenated alkanes) is 16. The molecule has 1 fully saturated rings. The normalized spacial score (nSPS) is 15.0. The van der Waals surface area contributed by atoms with Crippen LogP contribution in [-0.2, 0) is 33.2 Å². The number of nitrogens with one attached hydrogen (secondary N) is 1. The quantitative estimate of drug-likeness (QED) is 0.0286. The van der Waals surface area contributed by atoms with Gasteiger partial charge in [-0.3, -0.25) is 18.9 Å². The SMILES string of the molecule is CCCCCCCCCCCC(=O)OCC(CSCC(N)C(=O)NC1(COCCCP(=O)(O)O)CC1)OC(=O)CCCCCCCCCCC. The molecule has 0 aromatic carbocycles. The fourth-order valence-electron chi connectivity index (χ4n) is 5.63. The molecule has 1 aliphatic carbocycles. The summed E-state index contributed by atoms with van der Waals surface area (Å²) in [7, 11) is -4.05. The molecule has 1 amide bonds. The molecule has 1 rings (SSSR count). The van der Waals surface area contributed by atoms with E-state index in [-0.39, 0.29) is 50.2 Å². The second-order valence-electron chi connectivity index (χ2n) is 14.2. The van der Waals surface area contributed by atoms with E-state index < -0.39 is 25.3 Å². The molecule has 0 aliphatic heterocycles. The highest BCUT2D eigenvalue weighted by Crippen LogP contribution is 2.37. The predicted octanol–water partition coefficient (Wildman–Crippen LogP) is 7.58. The third-order valence-corrected chi connectivity index (χ3v) is 11.1. The van der Waals surface area contributed by atoms with Crippen LogP contribution in [-0.4, -0.2) is 82.8 Å². The molecule has 13 heteroatoms. The smallest absolute Gasteiger partial charge is 0.325 e. The highest BCUT2D eigenvalue weighted by molar-refractivity contribution is 7.99. The molecule has 50 heavy (non-hydrogen) atoms. The Kier molecular flexibility index (Phi) is 27.5. The number of thioether (sulfide) groups is 1. The van der Waals surface area contributed by atoms with Crippen molar-refractivity contribution in [3.63, 3.8) is 0 Å². The minimum absolute atomic E-state index is 0.0172. The van der Waals surface area contributed by atoms with Gasteiger partial charge in [-0.2, -0.15) is 11.8 Å². The van der Waals surface area contributed by atoms with Gasteiger partial charge in [-0.05, 0) is 32.1 Å². The summed E-state index contributed by atoms with van der Waals surface area (Å²) in [6.07, 6.45) is 22.4. The number of hydrogen-bond donors (Lipinski definition) is 4. The van der Waals surface area contributed by atoms with Crippen molar-refractivity contribution in [3.8, 4) is 0 Å². The highest BCUT2D eigenvalue weighted by Gasteiger charge is 2.45. The maximum atomic E-state index is 12.8. The zero-order chi connectivity index (χ0) is 36.9. The van der Waals surface area contributed by atoms with Crippen molar-refractivity contribution in [1.29, 1.82) is 0 Å². The highest BCUT2D eigenvalue weighted by atomic mass is 32.2. The Bertz CT molecular complexity index is 948. The molecule has 2 atom stereocenters. The van der Waals surface area contributed by atoms with E-state index in [0.29, 0.717) is 24.3 Å². The van der Waals surface area contributed by atoms with Crippen LogP contribution in [0.5, 0.6) is 0 Å². The molecule has 0 heterocycles. The zero-order valence-corrected chi connectivity index (χ0v) is 33.1. The number of esters is 2. The summed E-state index contributed by atoms with van der Waals surface area (Å²) in [6.45, 7) is 4.88. The van der Waals surface area contributed by atoms with Gasteiger partial charge in [0.25, 0.3) is 0 Å². The van der Waals surface area contributed by atoms with Crippen LogP contribution in [0.1, 0.15) is 162 Å². The summed E-state index contributed by atoms with van der Waals surface area (Å²) >= 11 is 1.38. The Morgan fingerprint density at radius 3 is 1.76 bits per heavy atom. The summed E-state index contributed by atoms with van der Waals surface area (Å²) in [5.74, 6) is -0.243. The molecule has 0 spiro atoms. The van der Waals surface area contributed by atoms with E-state index in [2.05, 4.69) is 19.2 Å². The summed E-state index contributed by atoms with van der Waals surface area (Å²) in [5, 5.41) is 2.97. The summed E-state index contributed by atoms with van der Waals surface area (Å²) in [4.78, 5) is 55.9. The molecule has 2 unspecified atom stereocenters. The second kappa shape index (κ2) is 29.3. The monoisotopic (exact) mass is 750 g/mol. The third-order valence-electron chi connectivity index (χ3n) is 8.99. The second-order valence-corrected chi connectivity index (χ2v) is 17.0. The fraction of sp³-hybridized carbons (Fsp3) is 0.919. The van der Waals surface area contributed by atoms with Crippen molar-refractivity contribution in [1.82, 2.24) is 5.32 Å². The van der Waals surface area contributed by atoms with Crippen LogP contribution in [0, 0.1) is 0 Å². The molecular formula is C37H71N2O9PS. The molecule has 1 aliphatic rings. The molecule has 1 saturated carbocycles. The van der Waals surface area contributed by atoms with Crippen LogP contribution >= 0.6 is 19.4 Å². The van der Waals surface area contributed by atoms with Crippen molar-refractivity contribution in [2.45, 2.75) is 179 Å². The molecule has 5 N–H and O–H groups in total. The van der Waals surface area contributed by atoms with Gasteiger partial charge in [0.05, 0.1) is 24.3 Å². The summed E-state index contributed by atoms with van der Waals surface area (Å²) < 4.78 is 27.8. The summed E-state index contributed by atoms with van der Waals surface area (Å²) in [5.41, 5.74) is 5.70. The predicted molar refractivity (Wildman–Crippen MR) is 202 cm³/mol. The Balaban J connectivity index is 2.43. The van der Waals surface area contributed by atoms with Gasteiger partial charge in [0.15, 0.2) is 0 Å². The lowest BCUT2D eigenvalue weighted by molar-refractivity contribution is -0.157. The number of hydrogen-bond acceptors (Lipinski definition) is 9. The topological polar surface area (TPSA) is 174 Å². The Morgan fingerprint density at radius 2 is 1.26 bits per heavy atom. The zero-order valence-electron chi connectivity index (χ0n) is 31.3. The van der Waals surface area contributed by atoms with Crippen LogP contribution in [0.3, 0.4) is 0 Å². The van der Waals surface area contributed by atoms with Gasteiger partial charge >= 0.3 is 19.5 Å². The molecule has 0 saturated heterocycles.